The number of anilines is 1. The van der Waals surface area contributed by atoms with Crippen LogP contribution in [0.1, 0.15) is 6.42 Å². The second-order valence-corrected chi connectivity index (χ2v) is 6.55. The Morgan fingerprint density at radius 3 is 2.72 bits per heavy atom. The van der Waals surface area contributed by atoms with Gasteiger partial charge in [-0.2, -0.15) is 0 Å². The molecule has 0 atom stereocenters. The van der Waals surface area contributed by atoms with Crippen molar-refractivity contribution >= 4 is 33.4 Å². The van der Waals surface area contributed by atoms with E-state index < -0.39 is 0 Å². The van der Waals surface area contributed by atoms with E-state index in [2.05, 4.69) is 15.3 Å². The van der Waals surface area contributed by atoms with E-state index in [0.717, 1.165) is 10.9 Å². The number of aromatic nitrogens is 3. The number of aryl methyl sites for hydroxylation is 1. The van der Waals surface area contributed by atoms with Crippen LogP contribution in [0.5, 0.6) is 11.5 Å². The van der Waals surface area contributed by atoms with Crippen molar-refractivity contribution < 1.29 is 14.3 Å². The van der Waals surface area contributed by atoms with Crippen molar-refractivity contribution in [3.8, 4) is 11.5 Å². The second kappa shape index (κ2) is 7.67. The van der Waals surface area contributed by atoms with Gasteiger partial charge in [-0.05, 0) is 29.7 Å². The number of nitrogens with one attached hydrogen (secondary N) is 2. The molecule has 2 aromatic heterocycles. The summed E-state index contributed by atoms with van der Waals surface area (Å²) in [6, 6.07) is 10.9. The van der Waals surface area contributed by atoms with E-state index in [9.17, 15) is 9.59 Å². The first-order valence-corrected chi connectivity index (χ1v) is 9.07. The fraction of sp³-hybridized carbons (Fsp3) is 0.190. The number of methoxy groups -OCH3 is 2. The molecule has 0 spiro atoms. The topological polar surface area (TPSA) is 98.2 Å². The standard InChI is InChI=1S/C21H20N4O4/c1-28-18-10-15-17(11-19(18)29-2)23-12-25(21(15)27)8-6-20(26)24-14-4-3-13-5-7-22-16(13)9-14/h3-5,7,9-12,22H,6,8H2,1-2H3,(H,24,26). The number of benzene rings is 2. The average molecular weight is 392 g/mol. The zero-order valence-electron chi connectivity index (χ0n) is 16.1. The average Bonchev–Trinajstić information content (AvgIpc) is 3.20. The lowest BCUT2D eigenvalue weighted by atomic mass is 10.2. The number of hydrogen-bond acceptors (Lipinski definition) is 5. The fourth-order valence-electron chi connectivity index (χ4n) is 3.22. The minimum Gasteiger partial charge on any atom is -0.493 e. The second-order valence-electron chi connectivity index (χ2n) is 6.55. The number of amides is 1. The maximum atomic E-state index is 12.8. The predicted octanol–water partition coefficient (Wildman–Crippen LogP) is 2.92. The Labute approximate surface area is 166 Å². The van der Waals surface area contributed by atoms with Crippen LogP contribution >= 0.6 is 0 Å². The van der Waals surface area contributed by atoms with Gasteiger partial charge in [0.1, 0.15) is 0 Å². The van der Waals surface area contributed by atoms with Crippen molar-refractivity contribution in [3.63, 3.8) is 0 Å². The molecule has 29 heavy (non-hydrogen) atoms. The Morgan fingerprint density at radius 2 is 1.93 bits per heavy atom. The van der Waals surface area contributed by atoms with Crippen LogP contribution in [0, 0.1) is 0 Å². The smallest absolute Gasteiger partial charge is 0.261 e. The van der Waals surface area contributed by atoms with Crippen LogP contribution in [-0.4, -0.2) is 34.7 Å². The van der Waals surface area contributed by atoms with Crippen molar-refractivity contribution in [2.45, 2.75) is 13.0 Å². The summed E-state index contributed by atoms with van der Waals surface area (Å²) < 4.78 is 11.9. The monoisotopic (exact) mass is 392 g/mol. The summed E-state index contributed by atoms with van der Waals surface area (Å²) in [5, 5.41) is 4.33. The molecule has 0 aliphatic carbocycles. The van der Waals surface area contributed by atoms with Gasteiger partial charge in [0.25, 0.3) is 5.56 Å². The molecule has 0 saturated carbocycles. The maximum Gasteiger partial charge on any atom is 0.261 e. The number of carbonyl (C=O) groups is 1. The largest absolute Gasteiger partial charge is 0.493 e. The van der Waals surface area contributed by atoms with Gasteiger partial charge in [-0.25, -0.2) is 4.98 Å². The molecule has 2 aromatic carbocycles. The minimum absolute atomic E-state index is 0.142. The molecule has 0 fully saturated rings. The molecule has 8 nitrogen and oxygen atoms in total. The third-order valence-electron chi connectivity index (χ3n) is 4.75. The van der Waals surface area contributed by atoms with Gasteiger partial charge in [0.2, 0.25) is 5.91 Å². The highest BCUT2D eigenvalue weighted by Gasteiger charge is 2.12. The number of ether oxygens (including phenoxy) is 2. The molecular weight excluding hydrogens is 372 g/mol. The Kier molecular flexibility index (Phi) is 4.90. The summed E-state index contributed by atoms with van der Waals surface area (Å²) in [6.45, 7) is 0.215. The van der Waals surface area contributed by atoms with Gasteiger partial charge >= 0.3 is 0 Å². The lowest BCUT2D eigenvalue weighted by Gasteiger charge is -2.11. The molecule has 0 bridgehead atoms. The molecule has 8 heteroatoms. The first kappa shape index (κ1) is 18.5. The van der Waals surface area contributed by atoms with Crippen LogP contribution in [0.4, 0.5) is 5.69 Å². The maximum absolute atomic E-state index is 12.8. The molecule has 1 amide bonds. The van der Waals surface area contributed by atoms with E-state index in [1.54, 1.807) is 12.1 Å². The fourth-order valence-corrected chi connectivity index (χ4v) is 3.22. The number of aromatic amines is 1. The van der Waals surface area contributed by atoms with Crippen molar-refractivity contribution in [1.29, 1.82) is 0 Å². The van der Waals surface area contributed by atoms with Crippen molar-refractivity contribution in [2.24, 2.45) is 0 Å². The van der Waals surface area contributed by atoms with Gasteiger partial charge in [-0.1, -0.05) is 6.07 Å². The molecule has 0 radical (unpaired) electrons. The highest BCUT2D eigenvalue weighted by Crippen LogP contribution is 2.29. The van der Waals surface area contributed by atoms with Gasteiger partial charge in [0.15, 0.2) is 11.5 Å². The van der Waals surface area contributed by atoms with Crippen molar-refractivity contribution in [1.82, 2.24) is 14.5 Å². The molecular formula is C21H20N4O4. The van der Waals surface area contributed by atoms with E-state index in [1.165, 1.54) is 25.1 Å². The van der Waals surface area contributed by atoms with E-state index in [-0.39, 0.29) is 24.4 Å². The van der Waals surface area contributed by atoms with Crippen LogP contribution in [0.3, 0.4) is 0 Å². The number of hydrogen-bond donors (Lipinski definition) is 2. The Balaban J connectivity index is 1.50. The van der Waals surface area contributed by atoms with Crippen LogP contribution in [0.15, 0.2) is 53.7 Å². The SMILES string of the molecule is COc1cc2ncn(CCC(=O)Nc3ccc4cc[nH]c4c3)c(=O)c2cc1OC. The van der Waals surface area contributed by atoms with E-state index in [0.29, 0.717) is 28.1 Å². The summed E-state index contributed by atoms with van der Waals surface area (Å²) in [5.74, 6) is 0.771. The molecule has 4 rings (SSSR count). The van der Waals surface area contributed by atoms with Gasteiger partial charge in [-0.15, -0.1) is 0 Å². The number of fused-ring (bicyclic) bond motifs is 2. The first-order valence-electron chi connectivity index (χ1n) is 9.07. The van der Waals surface area contributed by atoms with E-state index in [4.69, 9.17) is 9.47 Å². The number of rotatable bonds is 6. The first-order chi connectivity index (χ1) is 14.1. The molecule has 2 heterocycles. The van der Waals surface area contributed by atoms with Gasteiger partial charge in [0.05, 0.1) is 31.4 Å². The van der Waals surface area contributed by atoms with Gasteiger partial charge < -0.3 is 19.8 Å². The summed E-state index contributed by atoms with van der Waals surface area (Å²) in [5.41, 5.74) is 1.91. The number of nitrogens with zero attached hydrogens (tertiary/aromatic N) is 2. The Hall–Kier alpha value is -3.81. The number of carbonyl (C=O) groups excluding carboxylic acids is 1. The summed E-state index contributed by atoms with van der Waals surface area (Å²) in [4.78, 5) is 32.5. The van der Waals surface area contributed by atoms with Gasteiger partial charge in [0, 0.05) is 36.4 Å². The minimum atomic E-state index is -0.239. The summed E-state index contributed by atoms with van der Waals surface area (Å²) >= 11 is 0. The summed E-state index contributed by atoms with van der Waals surface area (Å²) in [6.07, 6.45) is 3.43. The van der Waals surface area contributed by atoms with Gasteiger partial charge in [-0.3, -0.25) is 14.2 Å². The zero-order valence-corrected chi connectivity index (χ0v) is 16.1. The third-order valence-corrected chi connectivity index (χ3v) is 4.75. The van der Waals surface area contributed by atoms with Crippen LogP contribution in [0.25, 0.3) is 21.8 Å². The molecule has 2 N–H and O–H groups in total. The predicted molar refractivity (Wildman–Crippen MR) is 111 cm³/mol. The van der Waals surface area contributed by atoms with E-state index in [1.807, 2.05) is 30.5 Å². The zero-order chi connectivity index (χ0) is 20.4. The van der Waals surface area contributed by atoms with Crippen LogP contribution < -0.4 is 20.3 Å². The lowest BCUT2D eigenvalue weighted by molar-refractivity contribution is -0.116. The quantitative estimate of drug-likeness (QED) is 0.526. The Morgan fingerprint density at radius 1 is 1.14 bits per heavy atom. The normalized spacial score (nSPS) is 11.0. The van der Waals surface area contributed by atoms with Crippen molar-refractivity contribution in [3.05, 3.63) is 59.3 Å². The highest BCUT2D eigenvalue weighted by atomic mass is 16.5. The molecule has 0 saturated heterocycles. The molecule has 0 aliphatic rings. The summed E-state index contributed by atoms with van der Waals surface area (Å²) in [7, 11) is 3.03. The van der Waals surface area contributed by atoms with E-state index >= 15 is 0 Å². The third kappa shape index (κ3) is 3.64. The molecule has 4 aromatic rings. The van der Waals surface area contributed by atoms with Crippen LogP contribution in [-0.2, 0) is 11.3 Å². The molecule has 0 unspecified atom stereocenters. The Bertz CT molecular complexity index is 1260. The van der Waals surface area contributed by atoms with Crippen molar-refractivity contribution in [2.75, 3.05) is 19.5 Å². The lowest BCUT2D eigenvalue weighted by Crippen LogP contribution is -2.23. The molecule has 148 valence electrons. The molecule has 0 aliphatic heterocycles. The highest BCUT2D eigenvalue weighted by molar-refractivity contribution is 5.93. The van der Waals surface area contributed by atoms with Crippen LogP contribution in [0.2, 0.25) is 0 Å². The number of H-pyrrole nitrogens is 1.